The summed E-state index contributed by atoms with van der Waals surface area (Å²) in [4.78, 5) is 12.1. The number of fused-ring (bicyclic) bond motifs is 1. The van der Waals surface area contributed by atoms with E-state index >= 15 is 0 Å². The smallest absolute Gasteiger partial charge is 0.273 e. The summed E-state index contributed by atoms with van der Waals surface area (Å²) >= 11 is 0. The minimum atomic E-state index is -0.770. The fourth-order valence-corrected chi connectivity index (χ4v) is 2.86. The number of nitrogens with one attached hydrogen (secondary N) is 1. The number of aliphatic hydroxyl groups excluding tert-OH is 1. The van der Waals surface area contributed by atoms with Crippen molar-refractivity contribution < 1.29 is 14.4 Å². The fourth-order valence-electron chi connectivity index (χ4n) is 2.86. The number of carbonyl (C=O) groups is 1. The molecule has 1 aliphatic carbocycles. The molecule has 6 heteroatoms. The minimum absolute atomic E-state index is 0.128. The van der Waals surface area contributed by atoms with Gasteiger partial charge in [0.2, 0.25) is 0 Å². The van der Waals surface area contributed by atoms with Gasteiger partial charge >= 0.3 is 0 Å². The first-order chi connectivity index (χ1) is 11.6. The number of hydrogen-bond donors (Lipinski definition) is 2. The molecule has 2 N–H and O–H groups in total. The van der Waals surface area contributed by atoms with Gasteiger partial charge in [0.1, 0.15) is 5.76 Å². The van der Waals surface area contributed by atoms with Gasteiger partial charge < -0.3 is 19.5 Å². The number of nitrogens with zero attached hydrogens (tertiary/aromatic N) is 2. The molecule has 2 heterocycles. The summed E-state index contributed by atoms with van der Waals surface area (Å²) in [7, 11) is 1.98. The molecule has 0 bridgehead atoms. The standard InChI is InChI=1S/C18H19N3O3/c1-21-7-6-12-8-13(4-5-15(12)21)16(22)10-19-18(23)14-9-17(24-20-14)11-2-3-11/h4-9,11,16,22H,2-3,10H2,1H3,(H,19,23)/t16-/m0/s1. The number of carbonyl (C=O) groups excluding carboxylic acids is 1. The van der Waals surface area contributed by atoms with Crippen molar-refractivity contribution in [1.82, 2.24) is 15.0 Å². The first-order valence-electron chi connectivity index (χ1n) is 8.09. The predicted octanol–water partition coefficient (Wildman–Crippen LogP) is 2.51. The Labute approximate surface area is 139 Å². The summed E-state index contributed by atoms with van der Waals surface area (Å²) in [6.45, 7) is 0.128. The summed E-state index contributed by atoms with van der Waals surface area (Å²) in [5, 5.41) is 17.9. The summed E-state index contributed by atoms with van der Waals surface area (Å²) in [6, 6.07) is 9.47. The van der Waals surface area contributed by atoms with Crippen LogP contribution in [-0.2, 0) is 7.05 Å². The lowest BCUT2D eigenvalue weighted by Gasteiger charge is -2.12. The summed E-state index contributed by atoms with van der Waals surface area (Å²) in [5.74, 6) is 0.864. The molecule has 0 saturated heterocycles. The maximum atomic E-state index is 12.1. The van der Waals surface area contributed by atoms with E-state index in [2.05, 4.69) is 10.5 Å². The van der Waals surface area contributed by atoms with Crippen LogP contribution in [0.5, 0.6) is 0 Å². The topological polar surface area (TPSA) is 80.3 Å². The molecular formula is C18H19N3O3. The van der Waals surface area contributed by atoms with Crippen LogP contribution in [0.2, 0.25) is 0 Å². The molecule has 1 fully saturated rings. The Morgan fingerprint density at radius 1 is 1.42 bits per heavy atom. The van der Waals surface area contributed by atoms with E-state index in [1.807, 2.05) is 42.1 Å². The lowest BCUT2D eigenvalue weighted by atomic mass is 10.1. The molecule has 2 aromatic heterocycles. The molecule has 1 atom stereocenters. The lowest BCUT2D eigenvalue weighted by Crippen LogP contribution is -2.28. The molecule has 1 amide bonds. The van der Waals surface area contributed by atoms with Crippen LogP contribution < -0.4 is 5.32 Å². The van der Waals surface area contributed by atoms with E-state index in [4.69, 9.17) is 4.52 Å². The molecule has 124 valence electrons. The van der Waals surface area contributed by atoms with Crippen LogP contribution in [0.1, 0.15) is 46.7 Å². The van der Waals surface area contributed by atoms with Gasteiger partial charge in [-0.1, -0.05) is 11.2 Å². The number of benzene rings is 1. The van der Waals surface area contributed by atoms with Gasteiger partial charge in [-0.05, 0) is 42.0 Å². The Balaban J connectivity index is 1.40. The second-order valence-electron chi connectivity index (χ2n) is 6.36. The lowest BCUT2D eigenvalue weighted by molar-refractivity contribution is 0.0907. The quantitative estimate of drug-likeness (QED) is 0.755. The molecule has 0 radical (unpaired) electrons. The van der Waals surface area contributed by atoms with Gasteiger partial charge in [-0.2, -0.15) is 0 Å². The second kappa shape index (κ2) is 5.79. The maximum Gasteiger partial charge on any atom is 0.273 e. The van der Waals surface area contributed by atoms with Crippen LogP contribution in [0.3, 0.4) is 0 Å². The molecule has 1 saturated carbocycles. The Bertz CT molecular complexity index is 892. The molecule has 3 aromatic rings. The summed E-state index contributed by atoms with van der Waals surface area (Å²) in [5.41, 5.74) is 2.14. The van der Waals surface area contributed by atoms with Crippen LogP contribution in [-0.4, -0.2) is 27.3 Å². The minimum Gasteiger partial charge on any atom is -0.387 e. The van der Waals surface area contributed by atoms with Crippen molar-refractivity contribution in [3.63, 3.8) is 0 Å². The monoisotopic (exact) mass is 325 g/mol. The molecule has 6 nitrogen and oxygen atoms in total. The van der Waals surface area contributed by atoms with Crippen molar-refractivity contribution >= 4 is 16.8 Å². The Morgan fingerprint density at radius 3 is 3.04 bits per heavy atom. The Kier molecular flexibility index (Phi) is 3.61. The highest BCUT2D eigenvalue weighted by molar-refractivity contribution is 5.92. The van der Waals surface area contributed by atoms with E-state index in [-0.39, 0.29) is 18.1 Å². The zero-order valence-electron chi connectivity index (χ0n) is 13.4. The molecule has 1 aromatic carbocycles. The first kappa shape index (κ1) is 15.0. The van der Waals surface area contributed by atoms with E-state index < -0.39 is 6.10 Å². The maximum absolute atomic E-state index is 12.1. The fraction of sp³-hybridized carbons (Fsp3) is 0.333. The third-order valence-corrected chi connectivity index (χ3v) is 4.49. The van der Waals surface area contributed by atoms with E-state index in [9.17, 15) is 9.90 Å². The number of aryl methyl sites for hydroxylation is 1. The third-order valence-electron chi connectivity index (χ3n) is 4.49. The molecule has 0 unspecified atom stereocenters. The third kappa shape index (κ3) is 2.80. The highest BCUT2D eigenvalue weighted by atomic mass is 16.5. The average Bonchev–Trinajstić information content (AvgIpc) is 3.21. The highest BCUT2D eigenvalue weighted by Gasteiger charge is 2.28. The van der Waals surface area contributed by atoms with Crippen LogP contribution in [0.4, 0.5) is 0 Å². The number of rotatable bonds is 5. The zero-order chi connectivity index (χ0) is 16.7. The van der Waals surface area contributed by atoms with Gasteiger partial charge in [-0.15, -0.1) is 0 Å². The van der Waals surface area contributed by atoms with Crippen molar-refractivity contribution in [1.29, 1.82) is 0 Å². The molecular weight excluding hydrogens is 306 g/mol. The predicted molar refractivity (Wildman–Crippen MR) is 88.7 cm³/mol. The highest BCUT2D eigenvalue weighted by Crippen LogP contribution is 2.40. The largest absolute Gasteiger partial charge is 0.387 e. The van der Waals surface area contributed by atoms with Crippen LogP contribution in [0.15, 0.2) is 41.1 Å². The summed E-state index contributed by atoms with van der Waals surface area (Å²) < 4.78 is 7.20. The van der Waals surface area contributed by atoms with Crippen molar-refractivity contribution in [2.75, 3.05) is 6.54 Å². The number of aliphatic hydroxyl groups is 1. The molecule has 1 aliphatic rings. The van der Waals surface area contributed by atoms with Gasteiger partial charge in [0.15, 0.2) is 5.69 Å². The molecule has 0 aliphatic heterocycles. The van der Waals surface area contributed by atoms with Gasteiger partial charge in [-0.3, -0.25) is 4.79 Å². The Hall–Kier alpha value is -2.60. The molecule has 24 heavy (non-hydrogen) atoms. The normalized spacial score (nSPS) is 15.6. The van der Waals surface area contributed by atoms with Crippen molar-refractivity contribution in [2.45, 2.75) is 24.9 Å². The van der Waals surface area contributed by atoms with Crippen LogP contribution >= 0.6 is 0 Å². The SMILES string of the molecule is Cn1ccc2cc([C@@H](O)CNC(=O)c3cc(C4CC4)on3)ccc21. The van der Waals surface area contributed by atoms with Crippen LogP contribution in [0.25, 0.3) is 10.9 Å². The number of aromatic nitrogens is 2. The number of amides is 1. The van der Waals surface area contributed by atoms with Gasteiger partial charge in [0.25, 0.3) is 5.91 Å². The van der Waals surface area contributed by atoms with Crippen molar-refractivity contribution in [2.24, 2.45) is 7.05 Å². The van der Waals surface area contributed by atoms with E-state index in [1.165, 1.54) is 0 Å². The second-order valence-corrected chi connectivity index (χ2v) is 6.36. The molecule has 0 spiro atoms. The average molecular weight is 325 g/mol. The summed E-state index contributed by atoms with van der Waals surface area (Å²) in [6.07, 6.45) is 3.40. The van der Waals surface area contributed by atoms with Crippen LogP contribution in [0, 0.1) is 0 Å². The van der Waals surface area contributed by atoms with E-state index in [0.29, 0.717) is 5.92 Å². The number of hydrogen-bond acceptors (Lipinski definition) is 4. The van der Waals surface area contributed by atoms with Gasteiger partial charge in [0, 0.05) is 37.3 Å². The van der Waals surface area contributed by atoms with Gasteiger partial charge in [0.05, 0.1) is 6.10 Å². The van der Waals surface area contributed by atoms with Crippen molar-refractivity contribution in [3.05, 3.63) is 53.5 Å². The first-order valence-corrected chi connectivity index (χ1v) is 8.09. The van der Waals surface area contributed by atoms with E-state index in [1.54, 1.807) is 6.07 Å². The molecule has 4 rings (SSSR count). The van der Waals surface area contributed by atoms with Crippen molar-refractivity contribution in [3.8, 4) is 0 Å². The van der Waals surface area contributed by atoms with E-state index in [0.717, 1.165) is 35.1 Å². The van der Waals surface area contributed by atoms with Gasteiger partial charge in [-0.25, -0.2) is 0 Å². The Morgan fingerprint density at radius 2 is 2.25 bits per heavy atom. The zero-order valence-corrected chi connectivity index (χ0v) is 13.4.